The fourth-order valence-electron chi connectivity index (χ4n) is 2.43. The van der Waals surface area contributed by atoms with Crippen molar-refractivity contribution in [2.24, 2.45) is 0 Å². The lowest BCUT2D eigenvalue weighted by atomic mass is 10.0. The fourth-order valence-corrected chi connectivity index (χ4v) is 2.43. The quantitative estimate of drug-likeness (QED) is 0.863. The molecule has 1 aliphatic rings. The number of benzene rings is 1. The zero-order chi connectivity index (χ0) is 14.6. The maximum absolute atomic E-state index is 5.98. The Morgan fingerprint density at radius 2 is 2.15 bits per heavy atom. The average Bonchev–Trinajstić information content (AvgIpc) is 2.86. The van der Waals surface area contributed by atoms with Gasteiger partial charge >= 0.3 is 0 Å². The highest BCUT2D eigenvalue weighted by Crippen LogP contribution is 2.34. The molecule has 0 saturated heterocycles. The molecule has 1 unspecified atom stereocenters. The molecule has 3 nitrogen and oxygen atoms in total. The van der Waals surface area contributed by atoms with Crippen molar-refractivity contribution in [1.29, 1.82) is 0 Å². The van der Waals surface area contributed by atoms with Gasteiger partial charge in [0, 0.05) is 12.0 Å². The van der Waals surface area contributed by atoms with Gasteiger partial charge in [-0.2, -0.15) is 0 Å². The first kappa shape index (κ1) is 15.3. The largest absolute Gasteiger partial charge is 0.493 e. The van der Waals surface area contributed by atoms with E-state index in [4.69, 9.17) is 9.47 Å². The van der Waals surface area contributed by atoms with E-state index in [-0.39, 0.29) is 11.6 Å². The van der Waals surface area contributed by atoms with Crippen LogP contribution in [-0.4, -0.2) is 25.4 Å². The summed E-state index contributed by atoms with van der Waals surface area (Å²) in [5.41, 5.74) is 2.43. The number of rotatable bonds is 6. The first-order valence-electron chi connectivity index (χ1n) is 7.63. The lowest BCUT2D eigenvalue weighted by Crippen LogP contribution is -2.31. The van der Waals surface area contributed by atoms with Gasteiger partial charge in [-0.3, -0.25) is 0 Å². The van der Waals surface area contributed by atoms with Crippen LogP contribution in [0.1, 0.15) is 51.3 Å². The Morgan fingerprint density at radius 3 is 2.85 bits per heavy atom. The number of ether oxygens (including phenoxy) is 2. The SMILES string of the molecule is CCCNC(COC(C)(C)C)c1cccc2c1OCC2. The molecule has 0 amide bonds. The van der Waals surface area contributed by atoms with Gasteiger partial charge in [0.1, 0.15) is 5.75 Å². The normalized spacial score (nSPS) is 15.8. The number of nitrogens with one attached hydrogen (secondary N) is 1. The first-order chi connectivity index (χ1) is 9.51. The molecule has 0 radical (unpaired) electrons. The molecule has 2 rings (SSSR count). The minimum atomic E-state index is -0.120. The van der Waals surface area contributed by atoms with Crippen LogP contribution in [0.3, 0.4) is 0 Å². The van der Waals surface area contributed by atoms with Crippen LogP contribution in [-0.2, 0) is 11.2 Å². The molecule has 20 heavy (non-hydrogen) atoms. The Kier molecular flexibility index (Phi) is 5.06. The van der Waals surface area contributed by atoms with E-state index in [9.17, 15) is 0 Å². The average molecular weight is 277 g/mol. The van der Waals surface area contributed by atoms with Crippen LogP contribution in [0.15, 0.2) is 18.2 Å². The summed E-state index contributed by atoms with van der Waals surface area (Å²) >= 11 is 0. The minimum absolute atomic E-state index is 0.120. The lowest BCUT2D eigenvalue weighted by Gasteiger charge is -2.26. The molecular formula is C17H27NO2. The van der Waals surface area contributed by atoms with Crippen molar-refractivity contribution in [2.75, 3.05) is 19.8 Å². The van der Waals surface area contributed by atoms with E-state index in [0.29, 0.717) is 6.61 Å². The second-order valence-electron chi connectivity index (χ2n) is 6.36. The van der Waals surface area contributed by atoms with Gasteiger partial charge in [-0.1, -0.05) is 25.1 Å². The lowest BCUT2D eigenvalue weighted by molar-refractivity contribution is -0.0150. The molecule has 112 valence electrons. The number of fused-ring (bicyclic) bond motifs is 1. The summed E-state index contributed by atoms with van der Waals surface area (Å²) < 4.78 is 11.8. The predicted molar refractivity (Wildman–Crippen MR) is 82.4 cm³/mol. The van der Waals surface area contributed by atoms with Crippen molar-refractivity contribution in [2.45, 2.75) is 52.2 Å². The fraction of sp³-hybridized carbons (Fsp3) is 0.647. The third-order valence-electron chi connectivity index (χ3n) is 3.44. The van der Waals surface area contributed by atoms with Crippen molar-refractivity contribution in [3.05, 3.63) is 29.3 Å². The van der Waals surface area contributed by atoms with E-state index in [1.807, 2.05) is 0 Å². The third kappa shape index (κ3) is 3.97. The standard InChI is InChI=1S/C17H27NO2/c1-5-10-18-15(12-20-17(2,3)4)14-8-6-7-13-9-11-19-16(13)14/h6-8,15,18H,5,9-12H2,1-4H3. The van der Waals surface area contributed by atoms with Crippen molar-refractivity contribution in [1.82, 2.24) is 5.32 Å². The van der Waals surface area contributed by atoms with Crippen LogP contribution >= 0.6 is 0 Å². The summed E-state index contributed by atoms with van der Waals surface area (Å²) in [5, 5.41) is 3.58. The number of para-hydroxylation sites is 1. The Balaban J connectivity index is 2.16. The van der Waals surface area contributed by atoms with E-state index in [0.717, 1.165) is 31.7 Å². The Bertz CT molecular complexity index is 437. The van der Waals surface area contributed by atoms with E-state index in [1.165, 1.54) is 11.1 Å². The van der Waals surface area contributed by atoms with Crippen LogP contribution in [0.4, 0.5) is 0 Å². The number of hydrogen-bond acceptors (Lipinski definition) is 3. The van der Waals surface area contributed by atoms with E-state index < -0.39 is 0 Å². The van der Waals surface area contributed by atoms with Crippen LogP contribution in [0.2, 0.25) is 0 Å². The van der Waals surface area contributed by atoms with Crippen molar-refractivity contribution in [3.8, 4) is 5.75 Å². The topological polar surface area (TPSA) is 30.5 Å². The maximum atomic E-state index is 5.98. The highest BCUT2D eigenvalue weighted by atomic mass is 16.5. The van der Waals surface area contributed by atoms with E-state index in [1.54, 1.807) is 0 Å². The zero-order valence-electron chi connectivity index (χ0n) is 13.2. The predicted octanol–water partition coefficient (Wildman–Crippen LogP) is 3.48. The van der Waals surface area contributed by atoms with Gasteiger partial charge < -0.3 is 14.8 Å². The Morgan fingerprint density at radius 1 is 1.35 bits per heavy atom. The van der Waals surface area contributed by atoms with Crippen molar-refractivity contribution >= 4 is 0 Å². The molecule has 0 aliphatic carbocycles. The molecule has 0 fully saturated rings. The summed E-state index contributed by atoms with van der Waals surface area (Å²) in [7, 11) is 0. The molecule has 1 aliphatic heterocycles. The molecule has 1 aromatic carbocycles. The molecule has 1 heterocycles. The Labute approximate surface area is 122 Å². The second-order valence-corrected chi connectivity index (χ2v) is 6.36. The highest BCUT2D eigenvalue weighted by Gasteiger charge is 2.23. The van der Waals surface area contributed by atoms with Gasteiger partial charge in [-0.15, -0.1) is 0 Å². The van der Waals surface area contributed by atoms with Gasteiger partial charge in [0.2, 0.25) is 0 Å². The highest BCUT2D eigenvalue weighted by molar-refractivity contribution is 5.45. The van der Waals surface area contributed by atoms with Crippen LogP contribution in [0.5, 0.6) is 5.75 Å². The summed E-state index contributed by atoms with van der Waals surface area (Å²) in [6.07, 6.45) is 2.13. The smallest absolute Gasteiger partial charge is 0.127 e. The maximum Gasteiger partial charge on any atom is 0.127 e. The third-order valence-corrected chi connectivity index (χ3v) is 3.44. The second kappa shape index (κ2) is 6.59. The summed E-state index contributed by atoms with van der Waals surface area (Å²) in [4.78, 5) is 0. The molecule has 0 spiro atoms. The summed E-state index contributed by atoms with van der Waals surface area (Å²) in [6, 6.07) is 6.64. The minimum Gasteiger partial charge on any atom is -0.493 e. The molecule has 1 aromatic rings. The zero-order valence-corrected chi connectivity index (χ0v) is 13.2. The van der Waals surface area contributed by atoms with Gasteiger partial charge in [-0.25, -0.2) is 0 Å². The molecule has 1 atom stereocenters. The molecule has 0 aromatic heterocycles. The monoisotopic (exact) mass is 277 g/mol. The van der Waals surface area contributed by atoms with Gasteiger partial charge in [0.15, 0.2) is 0 Å². The van der Waals surface area contributed by atoms with Crippen molar-refractivity contribution in [3.63, 3.8) is 0 Å². The van der Waals surface area contributed by atoms with Crippen LogP contribution < -0.4 is 10.1 Å². The molecular weight excluding hydrogens is 250 g/mol. The van der Waals surface area contributed by atoms with E-state index in [2.05, 4.69) is 51.2 Å². The molecule has 0 bridgehead atoms. The van der Waals surface area contributed by atoms with Crippen molar-refractivity contribution < 1.29 is 9.47 Å². The molecule has 0 saturated carbocycles. The summed E-state index contributed by atoms with van der Waals surface area (Å²) in [5.74, 6) is 1.07. The van der Waals surface area contributed by atoms with Crippen LogP contribution in [0, 0.1) is 0 Å². The van der Waals surface area contributed by atoms with Crippen LogP contribution in [0.25, 0.3) is 0 Å². The number of hydrogen-bond donors (Lipinski definition) is 1. The Hall–Kier alpha value is -1.06. The van der Waals surface area contributed by atoms with Gasteiger partial charge in [-0.05, 0) is 39.3 Å². The van der Waals surface area contributed by atoms with Gasteiger partial charge in [0.05, 0.1) is 24.9 Å². The van der Waals surface area contributed by atoms with E-state index >= 15 is 0 Å². The first-order valence-corrected chi connectivity index (χ1v) is 7.63. The van der Waals surface area contributed by atoms with Gasteiger partial charge in [0.25, 0.3) is 0 Å². The summed E-state index contributed by atoms with van der Waals surface area (Å²) in [6.45, 7) is 10.9. The molecule has 1 N–H and O–H groups in total. The molecule has 3 heteroatoms.